The number of carboxylic acids is 1. The van der Waals surface area contributed by atoms with Crippen molar-refractivity contribution in [1.82, 2.24) is 25.8 Å². The number of nitrogens with zero attached hydrogens (tertiary/aromatic N) is 2. The van der Waals surface area contributed by atoms with Gasteiger partial charge in [0.15, 0.2) is 0 Å². The number of aromatic nitrogens is 1. The fourth-order valence-electron chi connectivity index (χ4n) is 7.87. The second kappa shape index (κ2) is 22.1. The third-order valence-corrected chi connectivity index (χ3v) is 11.2. The van der Waals surface area contributed by atoms with Crippen LogP contribution < -0.4 is 27.4 Å². The number of nitrogens with one attached hydrogen (secondary N) is 3. The monoisotopic (exact) mass is 883 g/mol. The van der Waals surface area contributed by atoms with E-state index in [-0.39, 0.29) is 30.5 Å². The zero-order valence-electron chi connectivity index (χ0n) is 36.3. The molecule has 1 aromatic heterocycles. The largest absolute Gasteiger partial charge is 0.490 e. The number of amides is 4. The third kappa shape index (κ3) is 15.3. The fourth-order valence-corrected chi connectivity index (χ4v) is 7.87. The van der Waals surface area contributed by atoms with E-state index in [1.807, 2.05) is 77.1 Å². The maximum absolute atomic E-state index is 14.3. The van der Waals surface area contributed by atoms with Gasteiger partial charge in [-0.3, -0.25) is 28.9 Å². The van der Waals surface area contributed by atoms with Crippen LogP contribution in [0.2, 0.25) is 0 Å². The molecule has 8 N–H and O–H groups in total. The number of nitrogens with two attached hydrogens (primary N) is 2. The Bertz CT molecular complexity index is 2060. The van der Waals surface area contributed by atoms with E-state index < -0.39 is 78.1 Å². The van der Waals surface area contributed by atoms with Crippen molar-refractivity contribution in [2.75, 3.05) is 13.1 Å². The lowest BCUT2D eigenvalue weighted by molar-refractivity contribution is -0.192. The number of fused-ring (bicyclic) bond motifs is 2. The molecule has 0 bridgehead atoms. The first-order valence-corrected chi connectivity index (χ1v) is 21.1. The number of carbonyl (C=O) groups excluding carboxylic acids is 5. The molecule has 0 unspecified atom stereocenters. The highest BCUT2D eigenvalue weighted by Gasteiger charge is 2.43. The Balaban J connectivity index is 0.00000115. The molecule has 2 heterocycles. The molecule has 2 fully saturated rings. The molecule has 344 valence electrons. The first kappa shape index (κ1) is 50.0. The van der Waals surface area contributed by atoms with Gasteiger partial charge in [0.05, 0.1) is 24.0 Å². The number of likely N-dealkylation sites (tertiary alicyclic amines) is 1. The molecule has 1 saturated carbocycles. The first-order valence-electron chi connectivity index (χ1n) is 21.1. The molecule has 18 heteroatoms. The molecule has 15 nitrogen and oxygen atoms in total. The molecule has 7 atom stereocenters. The Morgan fingerprint density at radius 3 is 2.13 bits per heavy atom. The number of carboxylic acid groups (broad SMARTS) is 1. The van der Waals surface area contributed by atoms with Crippen molar-refractivity contribution >= 4 is 46.5 Å². The smallest absolute Gasteiger partial charge is 0.475 e. The van der Waals surface area contributed by atoms with E-state index in [0.717, 1.165) is 36.6 Å². The number of rotatable bonds is 15. The molecule has 2 aromatic carbocycles. The second-order valence-electron chi connectivity index (χ2n) is 17.7. The molecular formula is C45H60F3N7O8. The maximum atomic E-state index is 14.3. The summed E-state index contributed by atoms with van der Waals surface area (Å²) in [7, 11) is 0. The average Bonchev–Trinajstić information content (AvgIpc) is 3.21. The van der Waals surface area contributed by atoms with Gasteiger partial charge in [0.25, 0.3) is 5.91 Å². The van der Waals surface area contributed by atoms with Gasteiger partial charge in [0.1, 0.15) is 23.9 Å². The first-order chi connectivity index (χ1) is 29.5. The number of para-hydroxylation sites is 1. The molecule has 0 radical (unpaired) electrons. The van der Waals surface area contributed by atoms with E-state index in [1.165, 1.54) is 0 Å². The Labute approximate surface area is 365 Å². The van der Waals surface area contributed by atoms with E-state index in [4.69, 9.17) is 26.1 Å². The van der Waals surface area contributed by atoms with Gasteiger partial charge in [-0.2, -0.15) is 13.2 Å². The molecule has 63 heavy (non-hydrogen) atoms. The van der Waals surface area contributed by atoms with E-state index in [2.05, 4.69) is 25.8 Å². The van der Waals surface area contributed by atoms with Gasteiger partial charge in [-0.05, 0) is 75.5 Å². The van der Waals surface area contributed by atoms with Crippen LogP contribution in [0.5, 0.6) is 0 Å². The Morgan fingerprint density at radius 2 is 1.52 bits per heavy atom. The number of esters is 1. The lowest BCUT2D eigenvalue weighted by atomic mass is 9.72. The molecule has 5 rings (SSSR count). The molecular weight excluding hydrogens is 824 g/mol. The van der Waals surface area contributed by atoms with Gasteiger partial charge >= 0.3 is 18.1 Å². The summed E-state index contributed by atoms with van der Waals surface area (Å²) in [5.74, 6) is -5.10. The van der Waals surface area contributed by atoms with Crippen molar-refractivity contribution in [1.29, 1.82) is 0 Å². The normalized spacial score (nSPS) is 19.8. The number of ether oxygens (including phenoxy) is 1. The van der Waals surface area contributed by atoms with Crippen LogP contribution in [0.15, 0.2) is 66.7 Å². The van der Waals surface area contributed by atoms with Crippen LogP contribution in [-0.2, 0) is 35.1 Å². The minimum absolute atomic E-state index is 0.0620. The minimum atomic E-state index is -5.08. The molecule has 1 aliphatic carbocycles. The predicted octanol–water partition coefficient (Wildman–Crippen LogP) is 4.26. The SMILES string of the molecule is CC(C)[C@H](N)C(=O)O[C@H](CN1C[C@H]2CCCC[C@H]2C[C@H]1C(=O)NC(C)(C)C)[C@H](Cc1ccccc1)NC(=O)[C@H](CC(N)=O)NC(=O)c1ccc2ccccc2n1.O=C(O)C(F)(F)F. The molecule has 0 spiro atoms. The van der Waals surface area contributed by atoms with Gasteiger partial charge in [-0.1, -0.05) is 87.7 Å². The number of aliphatic carboxylic acids is 1. The van der Waals surface area contributed by atoms with Crippen LogP contribution in [0.4, 0.5) is 13.2 Å². The van der Waals surface area contributed by atoms with E-state index >= 15 is 0 Å². The number of carbonyl (C=O) groups is 6. The Kier molecular flexibility index (Phi) is 17.6. The summed E-state index contributed by atoms with van der Waals surface area (Å²) in [6.45, 7) is 10.3. The topological polar surface area (TPSA) is 236 Å². The van der Waals surface area contributed by atoms with Gasteiger partial charge in [-0.15, -0.1) is 0 Å². The van der Waals surface area contributed by atoms with Crippen LogP contribution >= 0.6 is 0 Å². The standard InChI is InChI=1S/C43H59N7O6.C2HF3O2/c1-26(2)38(45)42(55)56-36(25-50-24-30-17-10-9-16-29(30)22-35(50)41(54)49-43(3,4)5)33(21-27-13-7-6-8-14-27)47-40(53)34(23-37(44)51)48-39(52)32-20-19-28-15-11-12-18-31(28)46-32;3-2(4,5)1(6)7/h6-8,11-15,18-20,26,29-30,33-36,38H,9-10,16-17,21-25,45H2,1-5H3,(H2,44,51)(H,47,53)(H,48,52)(H,49,54);(H,6,7)/t29-,30+,33-,34-,35-,36+,38-;/m0./s1. The molecule has 1 saturated heterocycles. The number of hydrogen-bond donors (Lipinski definition) is 6. The summed E-state index contributed by atoms with van der Waals surface area (Å²) in [4.78, 5) is 83.3. The van der Waals surface area contributed by atoms with Crippen molar-refractivity contribution in [3.05, 3.63) is 78.0 Å². The number of halogens is 3. The van der Waals surface area contributed by atoms with Gasteiger partial charge in [-0.25, -0.2) is 9.78 Å². The predicted molar refractivity (Wildman–Crippen MR) is 229 cm³/mol. The quantitative estimate of drug-likeness (QED) is 0.118. The van der Waals surface area contributed by atoms with Gasteiger partial charge < -0.3 is 37.3 Å². The summed E-state index contributed by atoms with van der Waals surface area (Å²) in [5.41, 5.74) is 13.0. The summed E-state index contributed by atoms with van der Waals surface area (Å²) in [5, 5.41) is 16.8. The van der Waals surface area contributed by atoms with Crippen molar-refractivity contribution < 1.29 is 51.8 Å². The molecule has 2 aliphatic rings. The lowest BCUT2D eigenvalue weighted by Gasteiger charge is -2.47. The highest BCUT2D eigenvalue weighted by molar-refractivity contribution is 5.99. The van der Waals surface area contributed by atoms with Crippen LogP contribution in [0.1, 0.15) is 89.2 Å². The van der Waals surface area contributed by atoms with Crippen molar-refractivity contribution in [2.45, 2.75) is 122 Å². The van der Waals surface area contributed by atoms with Crippen LogP contribution in [0, 0.1) is 17.8 Å². The number of piperidine rings is 1. The highest BCUT2D eigenvalue weighted by atomic mass is 19.4. The van der Waals surface area contributed by atoms with Crippen molar-refractivity contribution in [3.63, 3.8) is 0 Å². The maximum Gasteiger partial charge on any atom is 0.490 e. The van der Waals surface area contributed by atoms with Crippen LogP contribution in [-0.4, -0.2) is 106 Å². The highest BCUT2D eigenvalue weighted by Crippen LogP contribution is 2.39. The fraction of sp³-hybridized carbons (Fsp3) is 0.533. The molecule has 4 amide bonds. The Hall–Kier alpha value is -5.62. The van der Waals surface area contributed by atoms with Crippen molar-refractivity contribution in [2.24, 2.45) is 29.2 Å². The summed E-state index contributed by atoms with van der Waals surface area (Å²) < 4.78 is 38.0. The van der Waals surface area contributed by atoms with E-state index in [0.29, 0.717) is 30.3 Å². The van der Waals surface area contributed by atoms with Crippen molar-refractivity contribution in [3.8, 4) is 0 Å². The zero-order chi connectivity index (χ0) is 46.6. The van der Waals surface area contributed by atoms with Crippen LogP contribution in [0.3, 0.4) is 0 Å². The Morgan fingerprint density at radius 1 is 0.905 bits per heavy atom. The number of pyridine rings is 1. The van der Waals surface area contributed by atoms with Gasteiger partial charge in [0.2, 0.25) is 17.7 Å². The number of benzene rings is 2. The summed E-state index contributed by atoms with van der Waals surface area (Å²) in [6.07, 6.45) is -1.30. The van der Waals surface area contributed by atoms with E-state index in [1.54, 1.807) is 24.3 Å². The van der Waals surface area contributed by atoms with E-state index in [9.17, 15) is 37.1 Å². The minimum Gasteiger partial charge on any atom is -0.475 e. The van der Waals surface area contributed by atoms with Gasteiger partial charge in [0, 0.05) is 24.0 Å². The molecule has 1 aliphatic heterocycles. The third-order valence-electron chi connectivity index (χ3n) is 11.2. The zero-order valence-corrected chi connectivity index (χ0v) is 36.3. The summed E-state index contributed by atoms with van der Waals surface area (Å²) in [6, 6.07) is 16.4. The number of primary amides is 1. The van der Waals surface area contributed by atoms with Crippen LogP contribution in [0.25, 0.3) is 10.9 Å². The summed E-state index contributed by atoms with van der Waals surface area (Å²) >= 11 is 0. The average molecular weight is 884 g/mol. The number of alkyl halides is 3. The number of hydrogen-bond acceptors (Lipinski definition) is 10. The second-order valence-corrected chi connectivity index (χ2v) is 17.7. The molecule has 3 aromatic rings. The lowest BCUT2D eigenvalue weighted by Crippen LogP contribution is -2.62.